The molecule has 0 aliphatic carbocycles. The van der Waals surface area contributed by atoms with Crippen molar-refractivity contribution in [2.75, 3.05) is 31.6 Å². The number of aryl methyl sites for hydroxylation is 1. The number of hydrogen-bond donors (Lipinski definition) is 1. The van der Waals surface area contributed by atoms with Crippen molar-refractivity contribution in [1.29, 1.82) is 0 Å². The Kier molecular flexibility index (Phi) is 6.02. The molecule has 1 fully saturated rings. The first-order valence-corrected chi connectivity index (χ1v) is 8.90. The molecule has 1 aliphatic rings. The number of rotatable bonds is 5. The Labute approximate surface area is 154 Å². The van der Waals surface area contributed by atoms with Gasteiger partial charge in [0, 0.05) is 18.8 Å². The van der Waals surface area contributed by atoms with Crippen molar-refractivity contribution < 1.29 is 14.3 Å². The Morgan fingerprint density at radius 3 is 2.15 bits per heavy atom. The van der Waals surface area contributed by atoms with E-state index in [4.69, 9.17) is 4.74 Å². The van der Waals surface area contributed by atoms with Gasteiger partial charge in [-0.25, -0.2) is 0 Å². The van der Waals surface area contributed by atoms with Gasteiger partial charge in [-0.15, -0.1) is 0 Å². The number of morpholine rings is 1. The van der Waals surface area contributed by atoms with Crippen LogP contribution in [0.15, 0.2) is 48.5 Å². The van der Waals surface area contributed by atoms with Gasteiger partial charge in [0.05, 0.1) is 26.1 Å². The highest BCUT2D eigenvalue weighted by molar-refractivity contribution is 5.92. The van der Waals surface area contributed by atoms with Crippen LogP contribution in [0.25, 0.3) is 0 Å². The van der Waals surface area contributed by atoms with Crippen LogP contribution in [0.1, 0.15) is 16.7 Å². The highest BCUT2D eigenvalue weighted by atomic mass is 16.5. The molecule has 0 aromatic heterocycles. The summed E-state index contributed by atoms with van der Waals surface area (Å²) in [4.78, 5) is 26.2. The molecule has 1 heterocycles. The molecule has 0 bridgehead atoms. The zero-order valence-corrected chi connectivity index (χ0v) is 15.0. The van der Waals surface area contributed by atoms with E-state index in [0.29, 0.717) is 39.1 Å². The lowest BCUT2D eigenvalue weighted by Crippen LogP contribution is -2.41. The maximum absolute atomic E-state index is 12.3. The van der Waals surface area contributed by atoms with E-state index < -0.39 is 0 Å². The number of carbonyl (C=O) groups is 2. The van der Waals surface area contributed by atoms with E-state index in [1.54, 1.807) is 0 Å². The van der Waals surface area contributed by atoms with Crippen LogP contribution in [0.3, 0.4) is 0 Å². The number of carbonyl (C=O) groups excluding carboxylic acids is 2. The van der Waals surface area contributed by atoms with Crippen molar-refractivity contribution in [3.05, 3.63) is 65.2 Å². The van der Waals surface area contributed by atoms with Crippen LogP contribution in [-0.2, 0) is 27.2 Å². The molecule has 1 N–H and O–H groups in total. The average Bonchev–Trinajstić information content (AvgIpc) is 2.66. The van der Waals surface area contributed by atoms with E-state index in [1.165, 1.54) is 5.56 Å². The van der Waals surface area contributed by atoms with Gasteiger partial charge in [0.25, 0.3) is 0 Å². The summed E-state index contributed by atoms with van der Waals surface area (Å²) in [6, 6.07) is 15.4. The van der Waals surface area contributed by atoms with Crippen molar-refractivity contribution in [2.24, 2.45) is 0 Å². The van der Waals surface area contributed by atoms with E-state index in [-0.39, 0.29) is 11.8 Å². The molecule has 1 saturated heterocycles. The minimum atomic E-state index is -0.0500. The first-order valence-electron chi connectivity index (χ1n) is 8.90. The Morgan fingerprint density at radius 2 is 1.50 bits per heavy atom. The number of hydrogen-bond acceptors (Lipinski definition) is 3. The largest absolute Gasteiger partial charge is 0.378 e. The maximum atomic E-state index is 12.3. The van der Waals surface area contributed by atoms with Gasteiger partial charge in [0.1, 0.15) is 0 Å². The Balaban J connectivity index is 1.51. The van der Waals surface area contributed by atoms with Gasteiger partial charge >= 0.3 is 0 Å². The second-order valence-corrected chi connectivity index (χ2v) is 6.58. The third kappa shape index (κ3) is 5.17. The fraction of sp³-hybridized carbons (Fsp3) is 0.333. The highest BCUT2D eigenvalue weighted by Crippen LogP contribution is 2.13. The SMILES string of the molecule is Cc1ccc(CC(=O)Nc2ccc(CC(=O)N3CCOCC3)cc2)cc1. The first-order chi connectivity index (χ1) is 12.6. The predicted octanol–water partition coefficient (Wildman–Crippen LogP) is 2.58. The number of benzene rings is 2. The zero-order valence-electron chi connectivity index (χ0n) is 15.0. The van der Waals surface area contributed by atoms with Gasteiger partial charge in [0.2, 0.25) is 11.8 Å². The van der Waals surface area contributed by atoms with E-state index in [9.17, 15) is 9.59 Å². The average molecular weight is 352 g/mol. The number of nitrogens with one attached hydrogen (secondary N) is 1. The molecular weight excluding hydrogens is 328 g/mol. The highest BCUT2D eigenvalue weighted by Gasteiger charge is 2.16. The Bertz CT molecular complexity index is 748. The molecular formula is C21H24N2O3. The molecule has 0 unspecified atom stereocenters. The van der Waals surface area contributed by atoms with Crippen LogP contribution in [0.2, 0.25) is 0 Å². The molecule has 0 spiro atoms. The molecule has 26 heavy (non-hydrogen) atoms. The van der Waals surface area contributed by atoms with E-state index in [2.05, 4.69) is 5.32 Å². The van der Waals surface area contributed by atoms with Crippen LogP contribution in [0.5, 0.6) is 0 Å². The lowest BCUT2D eigenvalue weighted by Gasteiger charge is -2.26. The third-order valence-electron chi connectivity index (χ3n) is 4.44. The quantitative estimate of drug-likeness (QED) is 0.900. The Morgan fingerprint density at radius 1 is 0.923 bits per heavy atom. The van der Waals surface area contributed by atoms with Crippen molar-refractivity contribution in [1.82, 2.24) is 4.90 Å². The number of ether oxygens (including phenoxy) is 1. The molecule has 2 aromatic rings. The topological polar surface area (TPSA) is 58.6 Å². The minimum absolute atomic E-state index is 0.0500. The van der Waals surface area contributed by atoms with Crippen LogP contribution < -0.4 is 5.32 Å². The lowest BCUT2D eigenvalue weighted by atomic mass is 10.1. The molecule has 2 aromatic carbocycles. The Hall–Kier alpha value is -2.66. The van der Waals surface area contributed by atoms with Crippen molar-refractivity contribution in [3.8, 4) is 0 Å². The monoisotopic (exact) mass is 352 g/mol. The fourth-order valence-corrected chi connectivity index (χ4v) is 2.90. The third-order valence-corrected chi connectivity index (χ3v) is 4.44. The molecule has 0 atom stereocenters. The number of amides is 2. The van der Waals surface area contributed by atoms with Gasteiger partial charge in [-0.3, -0.25) is 9.59 Å². The fourth-order valence-electron chi connectivity index (χ4n) is 2.90. The minimum Gasteiger partial charge on any atom is -0.378 e. The van der Waals surface area contributed by atoms with Crippen molar-refractivity contribution in [2.45, 2.75) is 19.8 Å². The van der Waals surface area contributed by atoms with E-state index in [0.717, 1.165) is 16.8 Å². The molecule has 2 amide bonds. The zero-order chi connectivity index (χ0) is 18.4. The van der Waals surface area contributed by atoms with Gasteiger partial charge in [-0.2, -0.15) is 0 Å². The summed E-state index contributed by atoms with van der Waals surface area (Å²) in [5.74, 6) is 0.0652. The predicted molar refractivity (Wildman–Crippen MR) is 101 cm³/mol. The van der Waals surface area contributed by atoms with Crippen LogP contribution in [0.4, 0.5) is 5.69 Å². The molecule has 3 rings (SSSR count). The molecule has 0 saturated carbocycles. The second kappa shape index (κ2) is 8.63. The summed E-state index contributed by atoms with van der Waals surface area (Å²) in [6.07, 6.45) is 0.717. The smallest absolute Gasteiger partial charge is 0.228 e. The van der Waals surface area contributed by atoms with Gasteiger partial charge < -0.3 is 15.0 Å². The van der Waals surface area contributed by atoms with Crippen LogP contribution in [-0.4, -0.2) is 43.0 Å². The summed E-state index contributed by atoms with van der Waals surface area (Å²) in [6.45, 7) is 4.56. The van der Waals surface area contributed by atoms with Gasteiger partial charge in [-0.1, -0.05) is 42.0 Å². The summed E-state index contributed by atoms with van der Waals surface area (Å²) in [5, 5.41) is 2.90. The van der Waals surface area contributed by atoms with E-state index in [1.807, 2.05) is 60.4 Å². The van der Waals surface area contributed by atoms with Gasteiger partial charge in [-0.05, 0) is 30.2 Å². The molecule has 136 valence electrons. The standard InChI is InChI=1S/C21H24N2O3/c1-16-2-4-17(5-3-16)14-20(24)22-19-8-6-18(7-9-19)15-21(25)23-10-12-26-13-11-23/h2-9H,10-15H2,1H3,(H,22,24). The van der Waals surface area contributed by atoms with Crippen LogP contribution >= 0.6 is 0 Å². The summed E-state index contributed by atoms with van der Waals surface area (Å²) in [5.41, 5.74) is 3.85. The normalized spacial score (nSPS) is 14.1. The second-order valence-electron chi connectivity index (χ2n) is 6.58. The van der Waals surface area contributed by atoms with E-state index >= 15 is 0 Å². The molecule has 1 aliphatic heterocycles. The van der Waals surface area contributed by atoms with Crippen molar-refractivity contribution in [3.63, 3.8) is 0 Å². The summed E-state index contributed by atoms with van der Waals surface area (Å²) < 4.78 is 5.27. The number of anilines is 1. The first kappa shape index (κ1) is 18.1. The maximum Gasteiger partial charge on any atom is 0.228 e. The van der Waals surface area contributed by atoms with Crippen LogP contribution in [0, 0.1) is 6.92 Å². The van der Waals surface area contributed by atoms with Gasteiger partial charge in [0.15, 0.2) is 0 Å². The summed E-state index contributed by atoms with van der Waals surface area (Å²) in [7, 11) is 0. The van der Waals surface area contributed by atoms with Crippen molar-refractivity contribution >= 4 is 17.5 Å². The number of nitrogens with zero attached hydrogens (tertiary/aromatic N) is 1. The molecule has 5 heteroatoms. The molecule has 0 radical (unpaired) electrons. The molecule has 5 nitrogen and oxygen atoms in total. The summed E-state index contributed by atoms with van der Waals surface area (Å²) >= 11 is 0. The lowest BCUT2D eigenvalue weighted by molar-refractivity contribution is -0.134.